The fourth-order valence-electron chi connectivity index (χ4n) is 16.0. The molecule has 0 bridgehead atoms. The van der Waals surface area contributed by atoms with Gasteiger partial charge in [0.25, 0.3) is 0 Å². The van der Waals surface area contributed by atoms with Crippen molar-refractivity contribution < 1.29 is 35.1 Å². The normalized spacial score (nSPS) is 16.0. The van der Waals surface area contributed by atoms with Crippen molar-refractivity contribution in [3.05, 3.63) is 0 Å². The van der Waals surface area contributed by atoms with Crippen molar-refractivity contribution >= 4 is 0 Å². The second-order valence-electron chi connectivity index (χ2n) is 36.1. The predicted octanol–water partition coefficient (Wildman–Crippen LogP) is 34.1. The monoisotopic (exact) mass is 1420 g/mol. The van der Waals surface area contributed by atoms with Gasteiger partial charge in [0.1, 0.15) is 45.4 Å². The smallest absolute Gasteiger partial charge is 0.118 e. The lowest BCUT2D eigenvalue weighted by molar-refractivity contribution is -0.0946. The van der Waals surface area contributed by atoms with E-state index in [1.54, 1.807) is 48.5 Å². The maximum absolute atomic E-state index is 15.2. The summed E-state index contributed by atoms with van der Waals surface area (Å²) in [4.78, 5) is 0. The fourth-order valence-corrected chi connectivity index (χ4v) is 16.0. The second kappa shape index (κ2) is 50.8. The molecule has 604 valence electrons. The molecule has 0 radical (unpaired) electrons. The van der Waals surface area contributed by atoms with Crippen LogP contribution in [0.5, 0.6) is 0 Å². The molecule has 0 aliphatic heterocycles. The summed E-state index contributed by atoms with van der Waals surface area (Å²) >= 11 is 0. The summed E-state index contributed by atoms with van der Waals surface area (Å²) in [6.45, 7) is 92.0. The Bertz CT molecular complexity index is 1750. The van der Waals surface area contributed by atoms with Gasteiger partial charge in [-0.3, -0.25) is 0 Å². The van der Waals surface area contributed by atoms with Crippen molar-refractivity contribution in [3.8, 4) is 0 Å². The lowest BCUT2D eigenvalue weighted by Crippen LogP contribution is -2.51. The third kappa shape index (κ3) is 35.2. The Hall–Kier alpha value is -0.560. The van der Waals surface area contributed by atoms with Gasteiger partial charge in [-0.15, -0.1) is 0 Å². The van der Waals surface area contributed by atoms with Gasteiger partial charge in [0.15, 0.2) is 0 Å². The van der Waals surface area contributed by atoms with Crippen LogP contribution in [0.2, 0.25) is 0 Å². The highest BCUT2D eigenvalue weighted by atomic mass is 19.2. The number of halogens is 8. The molecule has 0 saturated carbocycles. The summed E-state index contributed by atoms with van der Waals surface area (Å²) < 4.78 is 114. The number of hydrogen-bond acceptors (Lipinski definition) is 0. The van der Waals surface area contributed by atoms with Gasteiger partial charge in [-0.2, -0.15) is 0 Å². The van der Waals surface area contributed by atoms with E-state index in [4.69, 9.17) is 0 Å². The van der Waals surface area contributed by atoms with Gasteiger partial charge in [-0.05, 0) is 202 Å². The lowest BCUT2D eigenvalue weighted by atomic mass is 9.57. The molecular formula is C90H188F8. The average molecular weight is 1420 g/mol. The van der Waals surface area contributed by atoms with E-state index >= 15 is 4.39 Å². The molecular weight excluding hydrogens is 1230 g/mol. The molecule has 0 spiro atoms. The Morgan fingerprint density at radius 3 is 0.592 bits per heavy atom. The van der Waals surface area contributed by atoms with Crippen LogP contribution in [0.15, 0.2) is 0 Å². The van der Waals surface area contributed by atoms with E-state index in [0.29, 0.717) is 36.5 Å². The van der Waals surface area contributed by atoms with Crippen LogP contribution in [0.25, 0.3) is 0 Å². The lowest BCUT2D eigenvalue weighted by Gasteiger charge is -2.51. The maximum Gasteiger partial charge on any atom is 0.118 e. The summed E-state index contributed by atoms with van der Waals surface area (Å²) in [5.74, 6) is 3.31. The molecule has 0 aliphatic carbocycles. The van der Waals surface area contributed by atoms with E-state index in [9.17, 15) is 30.7 Å². The fraction of sp³-hybridized carbons (Fsp3) is 1.00. The van der Waals surface area contributed by atoms with E-state index in [1.165, 1.54) is 0 Å². The quantitative estimate of drug-likeness (QED) is 0.0549. The Morgan fingerprint density at radius 2 is 0.459 bits per heavy atom. The van der Waals surface area contributed by atoms with Crippen LogP contribution in [0, 0.1) is 105 Å². The summed E-state index contributed by atoms with van der Waals surface area (Å²) in [7, 11) is 0. The molecule has 8 heteroatoms. The van der Waals surface area contributed by atoms with Crippen molar-refractivity contribution in [2.45, 2.75) is 479 Å². The molecule has 0 rings (SSSR count). The zero-order valence-corrected chi connectivity index (χ0v) is 75.8. The second-order valence-corrected chi connectivity index (χ2v) is 36.1. The molecule has 0 unspecified atom stereocenters. The molecule has 0 aromatic rings. The molecule has 0 nitrogen and oxygen atoms in total. The Kier molecular flexibility index (Phi) is 58.8. The molecule has 0 aromatic carbocycles. The van der Waals surface area contributed by atoms with Crippen LogP contribution in [0.4, 0.5) is 35.1 Å². The number of alkyl halides is 8. The Balaban J connectivity index is -0.000000158. The highest BCUT2D eigenvalue weighted by Gasteiger charge is 2.53. The van der Waals surface area contributed by atoms with Crippen molar-refractivity contribution in [3.63, 3.8) is 0 Å². The number of rotatable bonds is 36. The first-order valence-corrected chi connectivity index (χ1v) is 41.4. The van der Waals surface area contributed by atoms with Crippen molar-refractivity contribution in [1.82, 2.24) is 0 Å². The zero-order valence-electron chi connectivity index (χ0n) is 75.8. The highest BCUT2D eigenvalue weighted by Crippen LogP contribution is 2.54. The van der Waals surface area contributed by atoms with Gasteiger partial charge in [-0.1, -0.05) is 314 Å². The standard InChI is InChI=1S/C14H29F.3C12H25F.2C11H23F.C10H21F.C8H17F/c1-8-12(5,9-2)14(7,15)13(6,10-3)11-4;1-8(2)11(9(3)4)12(7,13)10(5)6;1-7-8-12(6,13)11(9(2)3)10(4)5;1-6-10(7-2)12(5,13)11(8-3)9-4;1-7-10(5,8-2)11(6,12)9(3)4;1-6-9-11(5,12)10(4,7-2)8-3;1-6-9(7-2)10(5,11)8(3)4;1-6(2)8(5,9)7(3)4/h8-11H2,1-7H3;8-11H,1-7H3;9-11H,7-8H2,1-6H3;10-11H,6-9H2,1-5H3;9H,7-8H2,1-6H3;6-9H2,1-5H3;8-9H,6-7H2,1-5H3;6-7H,1-5H3/t;2*12-;;2*11-;10-;/m.00.000./s1. The first-order valence-electron chi connectivity index (χ1n) is 41.4. The van der Waals surface area contributed by atoms with Gasteiger partial charge in [0.05, 0.1) is 0 Å². The summed E-state index contributed by atoms with van der Waals surface area (Å²) in [6, 6.07) is 0. The van der Waals surface area contributed by atoms with E-state index in [-0.39, 0.29) is 80.8 Å². The van der Waals surface area contributed by atoms with Gasteiger partial charge in [-0.25, -0.2) is 35.1 Å². The van der Waals surface area contributed by atoms with Crippen LogP contribution >= 0.6 is 0 Å². The Morgan fingerprint density at radius 1 is 0.235 bits per heavy atom. The minimum Gasteiger partial charge on any atom is -0.244 e. The summed E-state index contributed by atoms with van der Waals surface area (Å²) in [5.41, 5.74) is -8.81. The zero-order chi connectivity index (χ0) is 80.8. The topological polar surface area (TPSA) is 0 Å². The van der Waals surface area contributed by atoms with E-state index in [0.717, 1.165) is 103 Å². The first-order chi connectivity index (χ1) is 43.9. The van der Waals surface area contributed by atoms with Crippen LogP contribution in [0.1, 0.15) is 434 Å². The third-order valence-electron chi connectivity index (χ3n) is 27.6. The molecule has 0 heterocycles. The van der Waals surface area contributed by atoms with Crippen molar-refractivity contribution in [2.24, 2.45) is 105 Å². The minimum atomic E-state index is -1.09. The van der Waals surface area contributed by atoms with Crippen LogP contribution in [-0.4, -0.2) is 45.4 Å². The van der Waals surface area contributed by atoms with E-state index in [1.807, 2.05) is 90.0 Å². The average Bonchev–Trinajstić information content (AvgIpc) is 0.765. The maximum atomic E-state index is 15.2. The molecule has 5 atom stereocenters. The summed E-state index contributed by atoms with van der Waals surface area (Å²) in [6.07, 6.45) is 16.3. The van der Waals surface area contributed by atoms with Gasteiger partial charge >= 0.3 is 0 Å². The van der Waals surface area contributed by atoms with E-state index < -0.39 is 45.4 Å². The SMILES string of the molecule is CC(C)C(C(C)C)[C@@](C)(F)C(C)C.CC(C)C(C)(F)C(C)C.CCC(C)(CC)C(C)(F)C(C)(CC)CC.CCC(C)(CC)[C@@](C)(F)C(C)C.CCC(CC)C(C)(F)C(CC)CC.CCC(CC)[C@@](C)(F)C(C)C.CCC[C@](C)(F)C(C(C)C)C(C)C.CCC[C@](C)(F)C(C)(CC)CC. The molecule has 0 fully saturated rings. The van der Waals surface area contributed by atoms with Gasteiger partial charge in [0.2, 0.25) is 0 Å². The first kappa shape index (κ1) is 113. The molecule has 0 aliphatic rings. The number of hydrogen-bond donors (Lipinski definition) is 0. The van der Waals surface area contributed by atoms with Gasteiger partial charge < -0.3 is 0 Å². The van der Waals surface area contributed by atoms with Crippen LogP contribution in [-0.2, 0) is 0 Å². The Labute approximate surface area is 616 Å². The third-order valence-corrected chi connectivity index (χ3v) is 27.6. The highest BCUT2D eigenvalue weighted by molar-refractivity contribution is 5.03. The van der Waals surface area contributed by atoms with Gasteiger partial charge in [0, 0.05) is 21.7 Å². The predicted molar refractivity (Wildman–Crippen MR) is 433 cm³/mol. The minimum absolute atomic E-state index is 0.0994. The van der Waals surface area contributed by atoms with Crippen molar-refractivity contribution in [1.29, 1.82) is 0 Å². The van der Waals surface area contributed by atoms with Crippen LogP contribution < -0.4 is 0 Å². The molecule has 0 amide bonds. The van der Waals surface area contributed by atoms with Crippen molar-refractivity contribution in [2.75, 3.05) is 0 Å². The molecule has 98 heavy (non-hydrogen) atoms. The van der Waals surface area contributed by atoms with E-state index in [2.05, 4.69) is 180 Å². The summed E-state index contributed by atoms with van der Waals surface area (Å²) in [5, 5.41) is 0. The van der Waals surface area contributed by atoms with Crippen LogP contribution in [0.3, 0.4) is 0 Å². The largest absolute Gasteiger partial charge is 0.244 e. The molecule has 0 saturated heterocycles. The molecule has 0 N–H and O–H groups in total. The molecule has 0 aromatic heterocycles.